The van der Waals surface area contributed by atoms with Gasteiger partial charge in [-0.15, -0.1) is 0 Å². The number of hydrogen-bond acceptors (Lipinski definition) is 4. The molecule has 7 heteroatoms. The molecule has 0 saturated carbocycles. The van der Waals surface area contributed by atoms with Crippen LogP contribution in [0, 0.1) is 17.6 Å². The van der Waals surface area contributed by atoms with E-state index < -0.39 is 11.6 Å². The van der Waals surface area contributed by atoms with Gasteiger partial charge in [-0.25, -0.2) is 4.39 Å². The number of nitrogens with one attached hydrogen (secondary N) is 1. The van der Waals surface area contributed by atoms with Crippen LogP contribution in [0.5, 0.6) is 5.75 Å². The summed E-state index contributed by atoms with van der Waals surface area (Å²) in [6.45, 7) is 3.09. The molecule has 1 fully saturated rings. The highest BCUT2D eigenvalue weighted by Gasteiger charge is 2.20. The van der Waals surface area contributed by atoms with Gasteiger partial charge in [0.15, 0.2) is 11.6 Å². The minimum atomic E-state index is -0.926. The number of halogens is 2. The van der Waals surface area contributed by atoms with Crippen LogP contribution in [0.25, 0.3) is 0 Å². The van der Waals surface area contributed by atoms with Crippen molar-refractivity contribution in [3.8, 4) is 5.75 Å². The van der Waals surface area contributed by atoms with E-state index in [-0.39, 0.29) is 11.3 Å². The molecule has 5 nitrogen and oxygen atoms in total. The molecule has 0 spiro atoms. The predicted octanol–water partition coefficient (Wildman–Crippen LogP) is 2.38. The lowest BCUT2D eigenvalue weighted by Crippen LogP contribution is -2.37. The van der Waals surface area contributed by atoms with Gasteiger partial charge in [0.05, 0.1) is 12.8 Å². The summed E-state index contributed by atoms with van der Waals surface area (Å²) in [4.78, 5) is 20.2. The molecular formula is C18H21F2N3O2. The maximum absolute atomic E-state index is 13.6. The monoisotopic (exact) mass is 349 g/mol. The standard InChI is InChI=1S/C18H21F2N3O2/c19-15-2-1-3-16(18(15)20)25-12-13-4-7-23(8-5-13)9-6-14-10-21-11-17(24)22-14/h1-3,10-11,13H,4-9,12H2,(H,22,24). The summed E-state index contributed by atoms with van der Waals surface area (Å²) in [5.41, 5.74) is 0.650. The Morgan fingerprint density at radius 1 is 1.24 bits per heavy atom. The highest BCUT2D eigenvalue weighted by molar-refractivity contribution is 5.25. The van der Waals surface area contributed by atoms with Crippen LogP contribution in [0.1, 0.15) is 18.5 Å². The van der Waals surface area contributed by atoms with E-state index >= 15 is 0 Å². The summed E-state index contributed by atoms with van der Waals surface area (Å²) in [6.07, 6.45) is 5.58. The first kappa shape index (κ1) is 17.5. The number of H-pyrrole nitrogens is 1. The lowest BCUT2D eigenvalue weighted by molar-refractivity contribution is 0.139. The van der Waals surface area contributed by atoms with Crippen LogP contribution in [0.2, 0.25) is 0 Å². The molecule has 1 saturated heterocycles. The van der Waals surface area contributed by atoms with Gasteiger partial charge in [0.1, 0.15) is 0 Å². The summed E-state index contributed by atoms with van der Waals surface area (Å²) in [5, 5.41) is 0. The number of ether oxygens (including phenoxy) is 1. The van der Waals surface area contributed by atoms with Crippen LogP contribution < -0.4 is 10.3 Å². The SMILES string of the molecule is O=c1cncc(CCN2CCC(COc3cccc(F)c3F)CC2)[nH]1. The molecule has 0 bridgehead atoms. The van der Waals surface area contributed by atoms with E-state index in [1.165, 1.54) is 18.3 Å². The molecule has 1 N–H and O–H groups in total. The topological polar surface area (TPSA) is 58.2 Å². The van der Waals surface area contributed by atoms with Gasteiger partial charge in [-0.05, 0) is 44.0 Å². The molecule has 0 radical (unpaired) electrons. The zero-order valence-electron chi connectivity index (χ0n) is 13.9. The van der Waals surface area contributed by atoms with E-state index in [0.29, 0.717) is 12.5 Å². The summed E-state index contributed by atoms with van der Waals surface area (Å²) in [5.74, 6) is -1.51. The van der Waals surface area contributed by atoms with Crippen LogP contribution in [0.4, 0.5) is 8.78 Å². The van der Waals surface area contributed by atoms with Gasteiger partial charge in [0.2, 0.25) is 5.82 Å². The van der Waals surface area contributed by atoms with Crippen LogP contribution >= 0.6 is 0 Å². The Bertz CT molecular complexity index is 758. The van der Waals surface area contributed by atoms with Crippen molar-refractivity contribution in [3.05, 3.63) is 58.3 Å². The van der Waals surface area contributed by atoms with Gasteiger partial charge in [-0.3, -0.25) is 9.78 Å². The zero-order valence-corrected chi connectivity index (χ0v) is 13.9. The predicted molar refractivity (Wildman–Crippen MR) is 89.6 cm³/mol. The maximum atomic E-state index is 13.6. The number of aromatic nitrogens is 2. The molecule has 2 heterocycles. The van der Waals surface area contributed by atoms with Crippen LogP contribution in [-0.4, -0.2) is 41.1 Å². The summed E-state index contributed by atoms with van der Waals surface area (Å²) in [7, 11) is 0. The molecule has 1 aliphatic rings. The maximum Gasteiger partial charge on any atom is 0.266 e. The largest absolute Gasteiger partial charge is 0.490 e. The van der Waals surface area contributed by atoms with E-state index in [4.69, 9.17) is 4.74 Å². The summed E-state index contributed by atoms with van der Waals surface area (Å²) in [6, 6.07) is 3.97. The molecule has 0 aliphatic carbocycles. The van der Waals surface area contributed by atoms with Crippen molar-refractivity contribution in [1.82, 2.24) is 14.9 Å². The molecule has 2 aromatic rings. The highest BCUT2D eigenvalue weighted by Crippen LogP contribution is 2.23. The van der Waals surface area contributed by atoms with Crippen molar-refractivity contribution in [2.24, 2.45) is 5.92 Å². The Kier molecular flexibility index (Phi) is 5.75. The van der Waals surface area contributed by atoms with Gasteiger partial charge in [-0.1, -0.05) is 6.07 Å². The van der Waals surface area contributed by atoms with Gasteiger partial charge >= 0.3 is 0 Å². The van der Waals surface area contributed by atoms with Crippen molar-refractivity contribution >= 4 is 0 Å². The van der Waals surface area contributed by atoms with E-state index in [9.17, 15) is 13.6 Å². The van der Waals surface area contributed by atoms with Gasteiger partial charge < -0.3 is 14.6 Å². The smallest absolute Gasteiger partial charge is 0.266 e. The first-order valence-corrected chi connectivity index (χ1v) is 8.44. The van der Waals surface area contributed by atoms with Crippen molar-refractivity contribution in [3.63, 3.8) is 0 Å². The normalized spacial score (nSPS) is 16.1. The van der Waals surface area contributed by atoms with Gasteiger partial charge in [0, 0.05) is 24.9 Å². The molecule has 0 amide bonds. The molecule has 0 atom stereocenters. The second kappa shape index (κ2) is 8.20. The second-order valence-corrected chi connectivity index (χ2v) is 6.32. The van der Waals surface area contributed by atoms with Gasteiger partial charge in [-0.2, -0.15) is 4.39 Å². The molecule has 3 rings (SSSR count). The number of aromatic amines is 1. The number of piperidine rings is 1. The first-order valence-electron chi connectivity index (χ1n) is 8.44. The summed E-state index contributed by atoms with van der Waals surface area (Å²) < 4.78 is 32.2. The number of benzene rings is 1. The minimum absolute atomic E-state index is 0.0250. The third kappa shape index (κ3) is 4.85. The van der Waals surface area contributed by atoms with Crippen molar-refractivity contribution < 1.29 is 13.5 Å². The van der Waals surface area contributed by atoms with Crippen molar-refractivity contribution in [2.75, 3.05) is 26.2 Å². The number of hydrogen-bond donors (Lipinski definition) is 1. The Balaban J connectivity index is 1.41. The number of rotatable bonds is 6. The Morgan fingerprint density at radius 3 is 2.80 bits per heavy atom. The molecular weight excluding hydrogens is 328 g/mol. The Hall–Kier alpha value is -2.28. The summed E-state index contributed by atoms with van der Waals surface area (Å²) >= 11 is 0. The minimum Gasteiger partial charge on any atom is -0.490 e. The molecule has 25 heavy (non-hydrogen) atoms. The quantitative estimate of drug-likeness (QED) is 0.870. The fourth-order valence-electron chi connectivity index (χ4n) is 3.00. The number of likely N-dealkylation sites (tertiary alicyclic amines) is 1. The Labute approximate surface area is 144 Å². The molecule has 1 aliphatic heterocycles. The first-order chi connectivity index (χ1) is 12.1. The molecule has 1 aromatic heterocycles. The Morgan fingerprint density at radius 2 is 2.04 bits per heavy atom. The van der Waals surface area contributed by atoms with Gasteiger partial charge in [0.25, 0.3) is 5.56 Å². The number of nitrogens with zero attached hydrogens (tertiary/aromatic N) is 2. The van der Waals surface area contributed by atoms with E-state index in [2.05, 4.69) is 14.9 Å². The van der Waals surface area contributed by atoms with Crippen molar-refractivity contribution in [1.29, 1.82) is 0 Å². The lowest BCUT2D eigenvalue weighted by atomic mass is 9.97. The van der Waals surface area contributed by atoms with Crippen LogP contribution in [-0.2, 0) is 6.42 Å². The zero-order chi connectivity index (χ0) is 17.6. The second-order valence-electron chi connectivity index (χ2n) is 6.32. The van der Waals surface area contributed by atoms with Crippen molar-refractivity contribution in [2.45, 2.75) is 19.3 Å². The third-order valence-electron chi connectivity index (χ3n) is 4.50. The van der Waals surface area contributed by atoms with Crippen LogP contribution in [0.15, 0.2) is 35.4 Å². The lowest BCUT2D eigenvalue weighted by Gasteiger charge is -2.31. The molecule has 0 unspecified atom stereocenters. The fraction of sp³-hybridized carbons (Fsp3) is 0.444. The molecule has 1 aromatic carbocycles. The highest BCUT2D eigenvalue weighted by atomic mass is 19.2. The van der Waals surface area contributed by atoms with E-state index in [0.717, 1.165) is 50.7 Å². The van der Waals surface area contributed by atoms with E-state index in [1.807, 2.05) is 0 Å². The third-order valence-corrected chi connectivity index (χ3v) is 4.50. The fourth-order valence-corrected chi connectivity index (χ4v) is 3.00. The van der Waals surface area contributed by atoms with E-state index in [1.54, 1.807) is 6.20 Å². The average molecular weight is 349 g/mol. The van der Waals surface area contributed by atoms with Crippen LogP contribution in [0.3, 0.4) is 0 Å². The average Bonchev–Trinajstić information content (AvgIpc) is 2.62. The molecule has 134 valence electrons.